The van der Waals surface area contributed by atoms with Gasteiger partial charge in [-0.1, -0.05) is 0 Å². The molecule has 0 saturated carbocycles. The Kier molecular flexibility index (Phi) is 4.75. The summed E-state index contributed by atoms with van der Waals surface area (Å²) in [6.07, 6.45) is 0. The molecule has 5 heteroatoms. The first-order chi connectivity index (χ1) is 7.08. The van der Waals surface area contributed by atoms with Crippen LogP contribution in [0.4, 0.5) is 5.69 Å². The average Bonchev–Trinajstić information content (AvgIpc) is 2.16. The van der Waals surface area contributed by atoms with E-state index in [4.69, 9.17) is 2.64 Å². The van der Waals surface area contributed by atoms with Crippen molar-refractivity contribution >= 4 is 20.6 Å². The van der Waals surface area contributed by atoms with E-state index in [0.29, 0.717) is 0 Å². The summed E-state index contributed by atoms with van der Waals surface area (Å²) < 4.78 is 6.16. The molecule has 0 fully saturated rings. The Morgan fingerprint density at radius 3 is 2.27 bits per heavy atom. The monoisotopic (exact) mass is 395 g/mol. The zero-order valence-electron chi connectivity index (χ0n) is 8.74. The van der Waals surface area contributed by atoms with E-state index in [0.717, 1.165) is 8.76 Å². The van der Waals surface area contributed by atoms with E-state index >= 15 is 0 Å². The molecule has 15 heavy (non-hydrogen) atoms. The Labute approximate surface area is 101 Å². The Bertz CT molecular complexity index is 361. The van der Waals surface area contributed by atoms with Crippen LogP contribution in [0.3, 0.4) is 0 Å². The van der Waals surface area contributed by atoms with Gasteiger partial charge in [0.2, 0.25) is 0 Å². The van der Waals surface area contributed by atoms with E-state index in [9.17, 15) is 9.59 Å². The number of carbonyl (C=O) groups excluding carboxylic acids is 2. The van der Waals surface area contributed by atoms with Gasteiger partial charge in [-0.05, 0) is 0 Å². The standard InChI is InChI=1S/C8H8NO.C2H4O2.Hg/c1-7(10)9-8-5-3-2-4-6-8;1-2(3)4;/h3-6H,1H3,(H,9,10);1H3,(H,3,4);/q;;+1/p-1. The van der Waals surface area contributed by atoms with Crippen LogP contribution >= 0.6 is 0 Å². The van der Waals surface area contributed by atoms with E-state index in [-0.39, 0.29) is 11.9 Å². The second-order valence-corrected chi connectivity index (χ2v) is 8.58. The molecule has 1 N–H and O–H groups in total. The molecule has 0 unspecified atom stereocenters. The SMILES string of the molecule is CC(=O)Nc1cc[c]([Hg][O]C(C)=O)cc1. The number of nitrogens with one attached hydrogen (secondary N) is 1. The summed E-state index contributed by atoms with van der Waals surface area (Å²) in [4.78, 5) is 21.4. The molecule has 1 aromatic rings. The van der Waals surface area contributed by atoms with Crippen LogP contribution in [0.2, 0.25) is 0 Å². The summed E-state index contributed by atoms with van der Waals surface area (Å²) >= 11 is -1.70. The van der Waals surface area contributed by atoms with E-state index in [2.05, 4.69) is 5.32 Å². The van der Waals surface area contributed by atoms with Crippen LogP contribution in [0.25, 0.3) is 0 Å². The summed E-state index contributed by atoms with van der Waals surface area (Å²) in [5.41, 5.74) is 0.766. The summed E-state index contributed by atoms with van der Waals surface area (Å²) in [7, 11) is 0. The van der Waals surface area contributed by atoms with Gasteiger partial charge in [-0.15, -0.1) is 0 Å². The zero-order chi connectivity index (χ0) is 11.3. The van der Waals surface area contributed by atoms with Crippen LogP contribution in [-0.2, 0) is 37.3 Å². The van der Waals surface area contributed by atoms with Gasteiger partial charge in [0.15, 0.2) is 0 Å². The molecule has 0 aromatic heterocycles. The normalized spacial score (nSPS) is 8.93. The van der Waals surface area contributed by atoms with Crippen LogP contribution in [0, 0.1) is 0 Å². The predicted molar refractivity (Wildman–Crippen MR) is 52.1 cm³/mol. The van der Waals surface area contributed by atoms with Gasteiger partial charge in [-0.2, -0.15) is 0 Å². The maximum absolute atomic E-state index is 10.7. The van der Waals surface area contributed by atoms with Gasteiger partial charge < -0.3 is 0 Å². The van der Waals surface area contributed by atoms with Crippen molar-refractivity contribution in [3.05, 3.63) is 24.3 Å². The zero-order valence-corrected chi connectivity index (χ0v) is 14.2. The van der Waals surface area contributed by atoms with E-state index < -0.39 is 25.0 Å². The first kappa shape index (κ1) is 12.2. The Morgan fingerprint density at radius 1 is 1.20 bits per heavy atom. The summed E-state index contributed by atoms with van der Waals surface area (Å²) in [5.74, 6) is -0.296. The molecule has 0 radical (unpaired) electrons. The molecule has 0 heterocycles. The van der Waals surface area contributed by atoms with Crippen LogP contribution in [0.5, 0.6) is 0 Å². The topological polar surface area (TPSA) is 55.4 Å². The first-order valence-corrected chi connectivity index (χ1v) is 9.57. The number of hydrogen-bond donors (Lipinski definition) is 1. The van der Waals surface area contributed by atoms with Crippen molar-refractivity contribution in [3.63, 3.8) is 0 Å². The molecule has 0 spiro atoms. The van der Waals surface area contributed by atoms with Gasteiger partial charge in [0.05, 0.1) is 0 Å². The second kappa shape index (κ2) is 5.85. The van der Waals surface area contributed by atoms with Gasteiger partial charge in [-0.25, -0.2) is 0 Å². The Morgan fingerprint density at radius 2 is 1.80 bits per heavy atom. The van der Waals surface area contributed by atoms with Crippen molar-refractivity contribution in [3.8, 4) is 0 Å². The molecule has 1 amide bonds. The number of anilines is 1. The van der Waals surface area contributed by atoms with Crippen LogP contribution in [-0.4, -0.2) is 11.9 Å². The third-order valence-corrected chi connectivity index (χ3v) is 6.99. The summed E-state index contributed by atoms with van der Waals surface area (Å²) in [5, 5.41) is 2.67. The van der Waals surface area contributed by atoms with Gasteiger partial charge in [0.1, 0.15) is 0 Å². The average molecular weight is 394 g/mol. The predicted octanol–water partition coefficient (Wildman–Crippen LogP) is 0.831. The number of benzene rings is 1. The summed E-state index contributed by atoms with van der Waals surface area (Å²) in [6, 6.07) is 7.44. The number of hydrogen-bond acceptors (Lipinski definition) is 3. The van der Waals surface area contributed by atoms with Gasteiger partial charge in [-0.3, -0.25) is 0 Å². The van der Waals surface area contributed by atoms with Crippen molar-refractivity contribution in [2.45, 2.75) is 13.8 Å². The molecule has 0 aliphatic heterocycles. The van der Waals surface area contributed by atoms with Crippen molar-refractivity contribution in [1.29, 1.82) is 0 Å². The van der Waals surface area contributed by atoms with Crippen molar-refractivity contribution in [1.82, 2.24) is 0 Å². The second-order valence-electron chi connectivity index (χ2n) is 3.16. The van der Waals surface area contributed by atoms with Crippen molar-refractivity contribution in [2.75, 3.05) is 5.32 Å². The minimum absolute atomic E-state index is 0.0904. The van der Waals surface area contributed by atoms with Crippen molar-refractivity contribution < 1.29 is 37.3 Å². The molecule has 1 rings (SSSR count). The molecule has 0 aliphatic carbocycles. The molecular formula is C10H11HgNO3. The number of rotatable bonds is 3. The minimum atomic E-state index is -1.70. The third kappa shape index (κ3) is 4.92. The van der Waals surface area contributed by atoms with Crippen LogP contribution < -0.4 is 8.39 Å². The quantitative estimate of drug-likeness (QED) is 0.774. The molecule has 4 nitrogen and oxygen atoms in total. The molecule has 0 bridgehead atoms. The van der Waals surface area contributed by atoms with Crippen molar-refractivity contribution in [2.24, 2.45) is 0 Å². The van der Waals surface area contributed by atoms with E-state index in [1.165, 1.54) is 13.8 Å². The molecule has 0 atom stereocenters. The number of amides is 1. The van der Waals surface area contributed by atoms with E-state index in [1.807, 2.05) is 24.3 Å². The Hall–Kier alpha value is -0.905. The summed E-state index contributed by atoms with van der Waals surface area (Å²) in [6.45, 7) is 2.89. The Balaban J connectivity index is 2.56. The van der Waals surface area contributed by atoms with Gasteiger partial charge >= 0.3 is 101 Å². The van der Waals surface area contributed by atoms with Crippen LogP contribution in [0.15, 0.2) is 24.3 Å². The fourth-order valence-electron chi connectivity index (χ4n) is 1.07. The number of carbonyl (C=O) groups is 2. The fraction of sp³-hybridized carbons (Fsp3) is 0.200. The molecule has 76 valence electrons. The maximum atomic E-state index is 10.7. The molecular weight excluding hydrogens is 383 g/mol. The molecule has 0 saturated heterocycles. The molecule has 1 aromatic carbocycles. The third-order valence-electron chi connectivity index (χ3n) is 1.72. The first-order valence-electron chi connectivity index (χ1n) is 4.58. The van der Waals surface area contributed by atoms with Crippen LogP contribution in [0.1, 0.15) is 13.8 Å². The van der Waals surface area contributed by atoms with E-state index in [1.54, 1.807) is 0 Å². The molecule has 0 aliphatic rings. The van der Waals surface area contributed by atoms with Gasteiger partial charge in [0.25, 0.3) is 0 Å². The fourth-order valence-corrected chi connectivity index (χ4v) is 4.18. The van der Waals surface area contributed by atoms with Gasteiger partial charge in [0, 0.05) is 0 Å².